The van der Waals surface area contributed by atoms with E-state index in [9.17, 15) is 5.11 Å². The van der Waals surface area contributed by atoms with Crippen LogP contribution in [0.1, 0.15) is 84.5 Å². The van der Waals surface area contributed by atoms with Crippen LogP contribution in [0.25, 0.3) is 0 Å². The van der Waals surface area contributed by atoms with Gasteiger partial charge in [0.25, 0.3) is 0 Å². The third kappa shape index (κ3) is 2.42. The van der Waals surface area contributed by atoms with Crippen LogP contribution in [0.2, 0.25) is 0 Å². The third-order valence-corrected chi connectivity index (χ3v) is 10.2. The molecule has 5 rings (SSSR count). The van der Waals surface area contributed by atoms with Gasteiger partial charge in [-0.2, -0.15) is 0 Å². The largest absolute Gasteiger partial charge is 0.393 e. The van der Waals surface area contributed by atoms with E-state index in [1.165, 1.54) is 70.9 Å². The molecular formula is C23H39NO. The summed E-state index contributed by atoms with van der Waals surface area (Å²) in [5.74, 6) is 3.73. The predicted molar refractivity (Wildman–Crippen MR) is 102 cm³/mol. The van der Waals surface area contributed by atoms with Crippen molar-refractivity contribution in [2.24, 2.45) is 34.5 Å². The van der Waals surface area contributed by atoms with Gasteiger partial charge in [-0.25, -0.2) is 0 Å². The van der Waals surface area contributed by atoms with Crippen LogP contribution in [0.15, 0.2) is 0 Å². The predicted octanol–water partition coefficient (Wildman–Crippen LogP) is 4.85. The maximum Gasteiger partial charge on any atom is 0.0543 e. The fourth-order valence-electron chi connectivity index (χ4n) is 8.86. The van der Waals surface area contributed by atoms with E-state index in [2.05, 4.69) is 18.7 Å². The van der Waals surface area contributed by atoms with Gasteiger partial charge in [0.05, 0.1) is 6.10 Å². The molecule has 1 heterocycles. The van der Waals surface area contributed by atoms with Crippen molar-refractivity contribution < 1.29 is 5.11 Å². The Labute approximate surface area is 154 Å². The number of fused-ring (bicyclic) bond motifs is 5. The molecule has 1 aliphatic heterocycles. The van der Waals surface area contributed by atoms with Crippen molar-refractivity contribution in [2.45, 2.75) is 96.6 Å². The normalized spacial score (nSPS) is 56.3. The molecule has 1 N–H and O–H groups in total. The molecule has 4 aliphatic carbocycles. The molecule has 0 amide bonds. The van der Waals surface area contributed by atoms with Crippen molar-refractivity contribution >= 4 is 0 Å². The van der Waals surface area contributed by atoms with Gasteiger partial charge in [-0.3, -0.25) is 4.90 Å². The second-order valence-electron chi connectivity index (χ2n) is 11.0. The van der Waals surface area contributed by atoms with Gasteiger partial charge in [-0.05, 0) is 118 Å². The highest BCUT2D eigenvalue weighted by molar-refractivity contribution is 5.11. The van der Waals surface area contributed by atoms with Gasteiger partial charge in [0, 0.05) is 6.04 Å². The number of aliphatic hydroxyl groups excluding tert-OH is 1. The van der Waals surface area contributed by atoms with E-state index < -0.39 is 0 Å². The Bertz CT molecular complexity index is 514. The fraction of sp³-hybridized carbons (Fsp3) is 1.00. The Morgan fingerprint density at radius 1 is 0.800 bits per heavy atom. The van der Waals surface area contributed by atoms with Gasteiger partial charge in [0.2, 0.25) is 0 Å². The first-order valence-electron chi connectivity index (χ1n) is 11.4. The lowest BCUT2D eigenvalue weighted by atomic mass is 9.45. The highest BCUT2D eigenvalue weighted by Crippen LogP contribution is 2.66. The molecule has 5 fully saturated rings. The van der Waals surface area contributed by atoms with Crippen LogP contribution in [0.5, 0.6) is 0 Å². The van der Waals surface area contributed by atoms with E-state index in [0.717, 1.165) is 42.6 Å². The Morgan fingerprint density at radius 2 is 1.52 bits per heavy atom. The third-order valence-electron chi connectivity index (χ3n) is 10.2. The number of nitrogens with zero attached hydrogens (tertiary/aromatic N) is 1. The molecule has 25 heavy (non-hydrogen) atoms. The molecular weight excluding hydrogens is 306 g/mol. The van der Waals surface area contributed by atoms with Gasteiger partial charge in [0.15, 0.2) is 0 Å². The van der Waals surface area contributed by atoms with Crippen LogP contribution in [0.4, 0.5) is 0 Å². The molecule has 2 nitrogen and oxygen atoms in total. The van der Waals surface area contributed by atoms with E-state index in [0.29, 0.717) is 10.8 Å². The smallest absolute Gasteiger partial charge is 0.0543 e. The molecule has 2 heteroatoms. The van der Waals surface area contributed by atoms with Gasteiger partial charge >= 0.3 is 0 Å². The Kier molecular flexibility index (Phi) is 4.06. The molecule has 0 radical (unpaired) electrons. The molecule has 4 saturated carbocycles. The molecule has 0 aromatic carbocycles. The van der Waals surface area contributed by atoms with Crippen LogP contribution < -0.4 is 0 Å². The summed E-state index contributed by atoms with van der Waals surface area (Å²) in [5, 5.41) is 10.2. The van der Waals surface area contributed by atoms with Crippen molar-refractivity contribution in [1.82, 2.24) is 4.90 Å². The van der Waals surface area contributed by atoms with Gasteiger partial charge < -0.3 is 5.11 Å². The second-order valence-corrected chi connectivity index (χ2v) is 11.0. The van der Waals surface area contributed by atoms with Crippen molar-refractivity contribution in [1.29, 1.82) is 0 Å². The van der Waals surface area contributed by atoms with Crippen LogP contribution in [0.3, 0.4) is 0 Å². The molecule has 142 valence electrons. The maximum atomic E-state index is 10.2. The van der Waals surface area contributed by atoms with E-state index in [-0.39, 0.29) is 6.10 Å². The SMILES string of the molecule is C[C@]12CC[C@@H](O)C[C@@H]1CC[C@@H]1[C@@H]2CC[C@]2(C)[C@@H](N3CCCC3)CC[C@@H]12. The summed E-state index contributed by atoms with van der Waals surface area (Å²) in [7, 11) is 0. The number of rotatable bonds is 1. The summed E-state index contributed by atoms with van der Waals surface area (Å²) in [6.07, 6.45) is 15.1. The summed E-state index contributed by atoms with van der Waals surface area (Å²) in [6.45, 7) is 8.05. The molecule has 0 aromatic rings. The highest BCUT2D eigenvalue weighted by atomic mass is 16.3. The average molecular weight is 346 g/mol. The van der Waals surface area contributed by atoms with Crippen LogP contribution >= 0.6 is 0 Å². The lowest BCUT2D eigenvalue weighted by molar-refractivity contribution is -0.128. The second kappa shape index (κ2) is 5.96. The number of hydrogen-bond donors (Lipinski definition) is 1. The molecule has 0 spiro atoms. The Hall–Kier alpha value is -0.0800. The molecule has 8 atom stereocenters. The summed E-state index contributed by atoms with van der Waals surface area (Å²) in [5.41, 5.74) is 1.14. The molecule has 0 aromatic heterocycles. The van der Waals surface area contributed by atoms with E-state index >= 15 is 0 Å². The van der Waals surface area contributed by atoms with Crippen LogP contribution in [-0.2, 0) is 0 Å². The molecule has 0 unspecified atom stereocenters. The molecule has 1 saturated heterocycles. The maximum absolute atomic E-state index is 10.2. The zero-order valence-corrected chi connectivity index (χ0v) is 16.6. The van der Waals surface area contributed by atoms with E-state index in [4.69, 9.17) is 0 Å². The van der Waals surface area contributed by atoms with Crippen molar-refractivity contribution in [3.63, 3.8) is 0 Å². The van der Waals surface area contributed by atoms with E-state index in [1.807, 2.05) is 0 Å². The summed E-state index contributed by atoms with van der Waals surface area (Å²) >= 11 is 0. The average Bonchev–Trinajstić information content (AvgIpc) is 3.22. The monoisotopic (exact) mass is 345 g/mol. The first-order chi connectivity index (χ1) is 12.0. The molecule has 0 bridgehead atoms. The topological polar surface area (TPSA) is 23.5 Å². The Morgan fingerprint density at radius 3 is 2.32 bits per heavy atom. The highest BCUT2D eigenvalue weighted by Gasteiger charge is 2.60. The lowest BCUT2D eigenvalue weighted by Gasteiger charge is -2.61. The minimum absolute atomic E-state index is 0.00508. The number of hydrogen-bond acceptors (Lipinski definition) is 2. The zero-order valence-electron chi connectivity index (χ0n) is 16.6. The molecule has 5 aliphatic rings. The van der Waals surface area contributed by atoms with Gasteiger partial charge in [-0.15, -0.1) is 0 Å². The van der Waals surface area contributed by atoms with Crippen molar-refractivity contribution in [3.05, 3.63) is 0 Å². The first kappa shape index (κ1) is 17.0. The van der Waals surface area contributed by atoms with Crippen LogP contribution in [-0.4, -0.2) is 35.2 Å². The standard InChI is InChI=1S/C23H39NO/c1-22-11-9-17(25)15-16(22)5-6-18-19-7-8-21(24-13-3-4-14-24)23(19,2)12-10-20(18)22/h16-21,25H,3-15H2,1-2H3/t16-,17+,18-,19-,20-,21-,22-,23-/m0/s1. The minimum Gasteiger partial charge on any atom is -0.393 e. The lowest BCUT2D eigenvalue weighted by Crippen LogP contribution is -2.56. The first-order valence-corrected chi connectivity index (χ1v) is 11.4. The van der Waals surface area contributed by atoms with Gasteiger partial charge in [0.1, 0.15) is 0 Å². The summed E-state index contributed by atoms with van der Waals surface area (Å²) in [6, 6.07) is 0.889. The zero-order chi connectivity index (χ0) is 17.2. The summed E-state index contributed by atoms with van der Waals surface area (Å²) in [4.78, 5) is 2.88. The van der Waals surface area contributed by atoms with E-state index in [1.54, 1.807) is 0 Å². The van der Waals surface area contributed by atoms with Crippen molar-refractivity contribution in [3.8, 4) is 0 Å². The number of aliphatic hydroxyl groups is 1. The van der Waals surface area contributed by atoms with Crippen LogP contribution in [0, 0.1) is 34.5 Å². The van der Waals surface area contributed by atoms with Crippen molar-refractivity contribution in [2.75, 3.05) is 13.1 Å². The minimum atomic E-state index is -0.00508. The quantitative estimate of drug-likeness (QED) is 0.734. The fourth-order valence-corrected chi connectivity index (χ4v) is 8.86. The van der Waals surface area contributed by atoms with Gasteiger partial charge in [-0.1, -0.05) is 13.8 Å². The summed E-state index contributed by atoms with van der Waals surface area (Å²) < 4.78 is 0. The Balaban J connectivity index is 1.40. The number of likely N-dealkylation sites (tertiary alicyclic amines) is 1.